The van der Waals surface area contributed by atoms with Gasteiger partial charge in [0, 0.05) is 11.6 Å². The van der Waals surface area contributed by atoms with Crippen LogP contribution in [-0.4, -0.2) is 26.2 Å². The summed E-state index contributed by atoms with van der Waals surface area (Å²) in [6, 6.07) is 14.8. The summed E-state index contributed by atoms with van der Waals surface area (Å²) in [6.07, 6.45) is 0.748. The second kappa shape index (κ2) is 8.29. The van der Waals surface area contributed by atoms with E-state index in [0.29, 0.717) is 23.1 Å². The van der Waals surface area contributed by atoms with Gasteiger partial charge in [-0.2, -0.15) is 0 Å². The van der Waals surface area contributed by atoms with Crippen molar-refractivity contribution < 1.29 is 14.3 Å². The van der Waals surface area contributed by atoms with Crippen LogP contribution in [0, 0.1) is 0 Å². The molecule has 0 atom stereocenters. The van der Waals surface area contributed by atoms with Crippen LogP contribution in [0.3, 0.4) is 0 Å². The number of carbonyl (C=O) groups is 1. The van der Waals surface area contributed by atoms with E-state index in [1.54, 1.807) is 19.2 Å². The maximum absolute atomic E-state index is 11.8. The Kier molecular flexibility index (Phi) is 6.10. The number of amides is 1. The number of carbonyl (C=O) groups excluding carboxylic acids is 1. The van der Waals surface area contributed by atoms with Gasteiger partial charge in [-0.15, -0.1) is 0 Å². The Morgan fingerprint density at radius 1 is 1.09 bits per heavy atom. The SMILES string of the molecule is COc1ccccc1OCC(=O)NCCc1ccc(Cl)cc1. The van der Waals surface area contributed by atoms with Crippen molar-refractivity contribution in [2.75, 3.05) is 20.3 Å². The summed E-state index contributed by atoms with van der Waals surface area (Å²) in [5.41, 5.74) is 1.12. The second-order valence-corrected chi connectivity index (χ2v) is 5.10. The Hall–Kier alpha value is -2.20. The number of methoxy groups -OCH3 is 1. The molecule has 2 aromatic carbocycles. The highest BCUT2D eigenvalue weighted by Crippen LogP contribution is 2.25. The molecule has 0 bridgehead atoms. The fourth-order valence-electron chi connectivity index (χ4n) is 1.93. The van der Waals surface area contributed by atoms with Gasteiger partial charge in [-0.05, 0) is 36.2 Å². The normalized spacial score (nSPS) is 10.1. The molecule has 0 heterocycles. The third-order valence-corrected chi connectivity index (χ3v) is 3.33. The highest BCUT2D eigenvalue weighted by atomic mass is 35.5. The molecule has 0 saturated heterocycles. The van der Waals surface area contributed by atoms with Gasteiger partial charge < -0.3 is 14.8 Å². The summed E-state index contributed by atoms with van der Waals surface area (Å²) < 4.78 is 10.6. The predicted octanol–water partition coefficient (Wildman–Crippen LogP) is 3.09. The minimum Gasteiger partial charge on any atom is -0.493 e. The smallest absolute Gasteiger partial charge is 0.257 e. The van der Waals surface area contributed by atoms with E-state index in [1.165, 1.54) is 0 Å². The molecule has 0 spiro atoms. The molecular formula is C17H18ClNO3. The highest BCUT2D eigenvalue weighted by molar-refractivity contribution is 6.30. The molecule has 116 valence electrons. The van der Waals surface area contributed by atoms with Crippen LogP contribution < -0.4 is 14.8 Å². The van der Waals surface area contributed by atoms with Crippen LogP contribution in [0.2, 0.25) is 5.02 Å². The summed E-state index contributed by atoms with van der Waals surface area (Å²) in [6.45, 7) is 0.511. The van der Waals surface area contributed by atoms with Crippen LogP contribution in [0.4, 0.5) is 0 Å². The Labute approximate surface area is 135 Å². The molecule has 0 radical (unpaired) electrons. The molecule has 0 saturated carbocycles. The zero-order valence-electron chi connectivity index (χ0n) is 12.3. The number of nitrogens with one attached hydrogen (secondary N) is 1. The van der Waals surface area contributed by atoms with Crippen LogP contribution in [-0.2, 0) is 11.2 Å². The summed E-state index contributed by atoms with van der Waals surface area (Å²) in [5, 5.41) is 3.52. The molecule has 0 aliphatic rings. The van der Waals surface area contributed by atoms with Crippen molar-refractivity contribution in [1.82, 2.24) is 5.32 Å². The molecule has 22 heavy (non-hydrogen) atoms. The van der Waals surface area contributed by atoms with Crippen LogP contribution in [0.15, 0.2) is 48.5 Å². The van der Waals surface area contributed by atoms with Gasteiger partial charge in [0.25, 0.3) is 5.91 Å². The van der Waals surface area contributed by atoms with Gasteiger partial charge >= 0.3 is 0 Å². The Morgan fingerprint density at radius 2 is 1.77 bits per heavy atom. The first-order chi connectivity index (χ1) is 10.7. The van der Waals surface area contributed by atoms with Gasteiger partial charge in [-0.1, -0.05) is 35.9 Å². The van der Waals surface area contributed by atoms with Crippen LogP contribution in [0.25, 0.3) is 0 Å². The molecule has 1 N–H and O–H groups in total. The number of para-hydroxylation sites is 2. The highest BCUT2D eigenvalue weighted by Gasteiger charge is 2.06. The van der Waals surface area contributed by atoms with Crippen LogP contribution in [0.1, 0.15) is 5.56 Å². The molecule has 5 heteroatoms. The maximum Gasteiger partial charge on any atom is 0.257 e. The van der Waals surface area contributed by atoms with E-state index in [1.807, 2.05) is 36.4 Å². The van der Waals surface area contributed by atoms with Gasteiger partial charge in [0.15, 0.2) is 18.1 Å². The fourth-order valence-corrected chi connectivity index (χ4v) is 2.06. The standard InChI is InChI=1S/C17H18ClNO3/c1-21-15-4-2-3-5-16(15)22-12-17(20)19-11-10-13-6-8-14(18)9-7-13/h2-9H,10-12H2,1H3,(H,19,20). The Balaban J connectivity index is 1.73. The lowest BCUT2D eigenvalue weighted by molar-refractivity contribution is -0.123. The van der Waals surface area contributed by atoms with Crippen molar-refractivity contribution in [2.24, 2.45) is 0 Å². The topological polar surface area (TPSA) is 47.6 Å². The lowest BCUT2D eigenvalue weighted by Crippen LogP contribution is -2.30. The van der Waals surface area contributed by atoms with Crippen LogP contribution in [0.5, 0.6) is 11.5 Å². The predicted molar refractivity (Wildman–Crippen MR) is 86.7 cm³/mol. The van der Waals surface area contributed by atoms with E-state index >= 15 is 0 Å². The fraction of sp³-hybridized carbons (Fsp3) is 0.235. The number of benzene rings is 2. The summed E-state index contributed by atoms with van der Waals surface area (Å²) in [7, 11) is 1.56. The summed E-state index contributed by atoms with van der Waals surface area (Å²) >= 11 is 5.82. The molecule has 1 amide bonds. The van der Waals surface area contributed by atoms with Crippen molar-refractivity contribution in [2.45, 2.75) is 6.42 Å². The molecule has 2 aromatic rings. The first-order valence-corrected chi connectivity index (χ1v) is 7.34. The number of hydrogen-bond donors (Lipinski definition) is 1. The van der Waals surface area contributed by atoms with Crippen molar-refractivity contribution in [1.29, 1.82) is 0 Å². The van der Waals surface area contributed by atoms with Gasteiger partial charge in [0.2, 0.25) is 0 Å². The lowest BCUT2D eigenvalue weighted by Gasteiger charge is -2.10. The monoisotopic (exact) mass is 319 g/mol. The third-order valence-electron chi connectivity index (χ3n) is 3.08. The lowest BCUT2D eigenvalue weighted by atomic mass is 10.1. The zero-order valence-corrected chi connectivity index (χ0v) is 13.1. The third kappa shape index (κ3) is 4.97. The second-order valence-electron chi connectivity index (χ2n) is 4.67. The molecular weight excluding hydrogens is 302 g/mol. The molecule has 2 rings (SSSR count). The molecule has 0 fully saturated rings. The molecule has 0 aliphatic carbocycles. The van der Waals surface area contributed by atoms with Crippen molar-refractivity contribution in [3.63, 3.8) is 0 Å². The van der Waals surface area contributed by atoms with Crippen molar-refractivity contribution in [3.05, 3.63) is 59.1 Å². The zero-order chi connectivity index (χ0) is 15.8. The van der Waals surface area contributed by atoms with E-state index in [-0.39, 0.29) is 12.5 Å². The molecule has 0 unspecified atom stereocenters. The van der Waals surface area contributed by atoms with E-state index < -0.39 is 0 Å². The van der Waals surface area contributed by atoms with E-state index in [0.717, 1.165) is 12.0 Å². The Bertz CT molecular complexity index is 614. The average molecular weight is 320 g/mol. The van der Waals surface area contributed by atoms with E-state index in [2.05, 4.69) is 5.32 Å². The minimum atomic E-state index is -0.167. The quantitative estimate of drug-likeness (QED) is 0.853. The van der Waals surface area contributed by atoms with Crippen molar-refractivity contribution in [3.8, 4) is 11.5 Å². The first-order valence-electron chi connectivity index (χ1n) is 6.96. The minimum absolute atomic E-state index is 0.0407. The largest absolute Gasteiger partial charge is 0.493 e. The van der Waals surface area contributed by atoms with Gasteiger partial charge in [-0.25, -0.2) is 0 Å². The number of ether oxygens (including phenoxy) is 2. The summed E-state index contributed by atoms with van der Waals surface area (Å²) in [5.74, 6) is 0.995. The Morgan fingerprint density at radius 3 is 2.45 bits per heavy atom. The maximum atomic E-state index is 11.8. The number of halogens is 1. The van der Waals surface area contributed by atoms with Gasteiger partial charge in [0.05, 0.1) is 7.11 Å². The van der Waals surface area contributed by atoms with Gasteiger partial charge in [0.1, 0.15) is 0 Å². The molecule has 0 aromatic heterocycles. The summed E-state index contributed by atoms with van der Waals surface area (Å²) in [4.78, 5) is 11.8. The molecule has 4 nitrogen and oxygen atoms in total. The van der Waals surface area contributed by atoms with E-state index in [9.17, 15) is 4.79 Å². The van der Waals surface area contributed by atoms with E-state index in [4.69, 9.17) is 21.1 Å². The van der Waals surface area contributed by atoms with Gasteiger partial charge in [-0.3, -0.25) is 4.79 Å². The van der Waals surface area contributed by atoms with Crippen LogP contribution >= 0.6 is 11.6 Å². The number of rotatable bonds is 7. The number of hydrogen-bond acceptors (Lipinski definition) is 3. The molecule has 0 aliphatic heterocycles. The van der Waals surface area contributed by atoms with Crippen molar-refractivity contribution >= 4 is 17.5 Å². The first kappa shape index (κ1) is 16.2. The average Bonchev–Trinajstić information content (AvgIpc) is 2.55.